The van der Waals surface area contributed by atoms with Gasteiger partial charge in [0, 0.05) is 36.3 Å². The summed E-state index contributed by atoms with van der Waals surface area (Å²) in [5.41, 5.74) is 2.42. The van der Waals surface area contributed by atoms with Crippen LogP contribution in [0.4, 0.5) is 8.78 Å². The quantitative estimate of drug-likeness (QED) is 0.820. The van der Waals surface area contributed by atoms with Gasteiger partial charge in [-0.2, -0.15) is 5.10 Å². The number of nitrogens with one attached hydrogen (secondary N) is 2. The maximum absolute atomic E-state index is 13.5. The van der Waals surface area contributed by atoms with Crippen LogP contribution in [0, 0.1) is 17.6 Å². The molecule has 0 atom stereocenters. The van der Waals surface area contributed by atoms with Gasteiger partial charge in [0.2, 0.25) is 0 Å². The Morgan fingerprint density at radius 1 is 1.31 bits per heavy atom. The molecule has 0 spiro atoms. The lowest BCUT2D eigenvalue weighted by molar-refractivity contribution is -0.146. The van der Waals surface area contributed by atoms with Crippen molar-refractivity contribution >= 4 is 11.8 Å². The molecule has 1 aliphatic heterocycles. The van der Waals surface area contributed by atoms with E-state index in [2.05, 4.69) is 15.5 Å². The van der Waals surface area contributed by atoms with E-state index in [4.69, 9.17) is 0 Å². The monoisotopic (exact) mass is 362 g/mol. The van der Waals surface area contributed by atoms with Crippen molar-refractivity contribution in [3.05, 3.63) is 41.1 Å². The molecule has 1 aromatic carbocycles. The zero-order chi connectivity index (χ0) is 18.8. The zero-order valence-corrected chi connectivity index (χ0v) is 14.6. The van der Waals surface area contributed by atoms with Gasteiger partial charge in [-0.3, -0.25) is 14.7 Å². The molecule has 6 nitrogen and oxygen atoms in total. The highest BCUT2D eigenvalue weighted by Gasteiger charge is 2.29. The molecule has 2 aromatic rings. The Bertz CT molecular complexity index is 848. The largest absolute Gasteiger partial charge is 0.348 e. The molecule has 0 unspecified atom stereocenters. The van der Waals surface area contributed by atoms with Crippen molar-refractivity contribution < 1.29 is 18.4 Å². The second kappa shape index (κ2) is 7.23. The summed E-state index contributed by atoms with van der Waals surface area (Å²) in [7, 11) is 0. The maximum atomic E-state index is 13.5. The molecule has 0 aliphatic carbocycles. The van der Waals surface area contributed by atoms with E-state index >= 15 is 0 Å². The van der Waals surface area contributed by atoms with E-state index in [0.29, 0.717) is 36.3 Å². The third-order valence-corrected chi connectivity index (χ3v) is 4.28. The van der Waals surface area contributed by atoms with Gasteiger partial charge in [0.25, 0.3) is 0 Å². The number of nitrogens with zero attached hydrogens (tertiary/aromatic N) is 2. The second-order valence-electron chi connectivity index (χ2n) is 6.74. The summed E-state index contributed by atoms with van der Waals surface area (Å²) >= 11 is 0. The topological polar surface area (TPSA) is 78.1 Å². The van der Waals surface area contributed by atoms with Gasteiger partial charge in [-0.05, 0) is 24.1 Å². The molecule has 1 aromatic heterocycles. The lowest BCUT2D eigenvalue weighted by Gasteiger charge is -2.26. The molecular formula is C18H20F2N4O2. The van der Waals surface area contributed by atoms with Gasteiger partial charge in [0.05, 0.1) is 12.2 Å². The van der Waals surface area contributed by atoms with E-state index in [0.717, 1.165) is 17.8 Å². The van der Waals surface area contributed by atoms with Gasteiger partial charge in [0.15, 0.2) is 11.6 Å². The summed E-state index contributed by atoms with van der Waals surface area (Å²) in [6.07, 6.45) is 0.509. The van der Waals surface area contributed by atoms with E-state index in [-0.39, 0.29) is 12.5 Å². The number of aromatic amines is 1. The molecule has 0 saturated carbocycles. The molecular weight excluding hydrogens is 342 g/mol. The minimum Gasteiger partial charge on any atom is -0.348 e. The fraction of sp³-hybridized carbons (Fsp3) is 0.389. The van der Waals surface area contributed by atoms with Crippen LogP contribution in [0.15, 0.2) is 18.2 Å². The summed E-state index contributed by atoms with van der Waals surface area (Å²) in [5, 5.41) is 9.68. The number of amides is 2. The highest BCUT2D eigenvalue weighted by Crippen LogP contribution is 2.29. The number of hydrogen-bond acceptors (Lipinski definition) is 3. The second-order valence-corrected chi connectivity index (χ2v) is 6.74. The molecule has 1 aliphatic rings. The molecule has 2 N–H and O–H groups in total. The standard InChI is InChI=1S/C18H20F2N4O2/c1-10(2)8-21-17(25)18(26)24-6-5-15-12(9-24)16(23-22-15)11-3-4-13(19)14(20)7-11/h3-4,7,10H,5-6,8-9H2,1-2H3,(H,21,25)(H,22,23). The van der Waals surface area contributed by atoms with E-state index in [1.165, 1.54) is 11.0 Å². The summed E-state index contributed by atoms with van der Waals surface area (Å²) in [4.78, 5) is 25.8. The highest BCUT2D eigenvalue weighted by molar-refractivity contribution is 6.35. The van der Waals surface area contributed by atoms with Crippen molar-refractivity contribution in [2.45, 2.75) is 26.8 Å². The third kappa shape index (κ3) is 3.58. The first-order chi connectivity index (χ1) is 12.4. The lowest BCUT2D eigenvalue weighted by Crippen LogP contribution is -2.45. The molecule has 8 heteroatoms. The van der Waals surface area contributed by atoms with Crippen LogP contribution in [0.25, 0.3) is 11.3 Å². The summed E-state index contributed by atoms with van der Waals surface area (Å²) in [6.45, 7) is 4.89. The van der Waals surface area contributed by atoms with E-state index in [1.807, 2.05) is 13.8 Å². The van der Waals surface area contributed by atoms with Crippen LogP contribution in [0.1, 0.15) is 25.1 Å². The van der Waals surface area contributed by atoms with Gasteiger partial charge >= 0.3 is 11.8 Å². The lowest BCUT2D eigenvalue weighted by atomic mass is 10.0. The number of carbonyl (C=O) groups is 2. The van der Waals surface area contributed by atoms with Gasteiger partial charge in [-0.1, -0.05) is 13.8 Å². The Kier molecular flexibility index (Phi) is 5.01. The van der Waals surface area contributed by atoms with Crippen molar-refractivity contribution in [2.75, 3.05) is 13.1 Å². The molecule has 3 rings (SSSR count). The highest BCUT2D eigenvalue weighted by atomic mass is 19.2. The number of aromatic nitrogens is 2. The molecule has 0 fully saturated rings. The molecule has 0 saturated heterocycles. The Hall–Kier alpha value is -2.77. The minimum atomic E-state index is -0.962. The number of H-pyrrole nitrogens is 1. The molecule has 0 radical (unpaired) electrons. The van der Waals surface area contributed by atoms with Crippen LogP contribution >= 0.6 is 0 Å². The van der Waals surface area contributed by atoms with Crippen LogP contribution in [0.2, 0.25) is 0 Å². The number of fused-ring (bicyclic) bond motifs is 1. The van der Waals surface area contributed by atoms with Crippen LogP contribution < -0.4 is 5.32 Å². The zero-order valence-electron chi connectivity index (χ0n) is 14.6. The number of carbonyl (C=O) groups excluding carboxylic acids is 2. The van der Waals surface area contributed by atoms with E-state index in [9.17, 15) is 18.4 Å². The smallest absolute Gasteiger partial charge is 0.312 e. The fourth-order valence-corrected chi connectivity index (χ4v) is 2.87. The van der Waals surface area contributed by atoms with Crippen LogP contribution in [0.3, 0.4) is 0 Å². The van der Waals surface area contributed by atoms with E-state index < -0.39 is 23.4 Å². The Balaban J connectivity index is 1.79. The first kappa shape index (κ1) is 18.0. The number of hydrogen-bond donors (Lipinski definition) is 2. The van der Waals surface area contributed by atoms with Crippen molar-refractivity contribution in [1.82, 2.24) is 20.4 Å². The average molecular weight is 362 g/mol. The summed E-state index contributed by atoms with van der Waals surface area (Å²) in [6, 6.07) is 3.55. The fourth-order valence-electron chi connectivity index (χ4n) is 2.87. The number of halogens is 2. The summed E-state index contributed by atoms with van der Waals surface area (Å²) in [5.74, 6) is -2.89. The van der Waals surface area contributed by atoms with E-state index in [1.54, 1.807) is 0 Å². The third-order valence-electron chi connectivity index (χ3n) is 4.28. The molecule has 26 heavy (non-hydrogen) atoms. The predicted molar refractivity (Wildman–Crippen MR) is 90.9 cm³/mol. The number of rotatable bonds is 3. The van der Waals surface area contributed by atoms with Gasteiger partial charge in [0.1, 0.15) is 0 Å². The Morgan fingerprint density at radius 2 is 2.08 bits per heavy atom. The SMILES string of the molecule is CC(C)CNC(=O)C(=O)N1CCc2[nH]nc(-c3ccc(F)c(F)c3)c2C1. The minimum absolute atomic E-state index is 0.189. The molecule has 2 amide bonds. The Morgan fingerprint density at radius 3 is 2.77 bits per heavy atom. The van der Waals surface area contributed by atoms with Crippen molar-refractivity contribution in [3.8, 4) is 11.3 Å². The first-order valence-corrected chi connectivity index (χ1v) is 8.45. The maximum Gasteiger partial charge on any atom is 0.312 e. The van der Waals surface area contributed by atoms with Gasteiger partial charge < -0.3 is 10.2 Å². The van der Waals surface area contributed by atoms with Crippen molar-refractivity contribution in [3.63, 3.8) is 0 Å². The van der Waals surface area contributed by atoms with Gasteiger partial charge in [-0.15, -0.1) is 0 Å². The summed E-state index contributed by atoms with van der Waals surface area (Å²) < 4.78 is 26.7. The normalized spacial score (nSPS) is 13.7. The van der Waals surface area contributed by atoms with Gasteiger partial charge in [-0.25, -0.2) is 8.78 Å². The average Bonchev–Trinajstić information content (AvgIpc) is 3.04. The Labute approximate surface area is 149 Å². The predicted octanol–water partition coefficient (Wildman–Crippen LogP) is 2.01. The first-order valence-electron chi connectivity index (χ1n) is 8.45. The van der Waals surface area contributed by atoms with Crippen molar-refractivity contribution in [2.24, 2.45) is 5.92 Å². The van der Waals surface area contributed by atoms with Crippen molar-refractivity contribution in [1.29, 1.82) is 0 Å². The molecule has 138 valence electrons. The van der Waals surface area contributed by atoms with Crippen LogP contribution in [-0.2, 0) is 22.6 Å². The molecule has 0 bridgehead atoms. The molecule has 2 heterocycles. The number of benzene rings is 1. The van der Waals surface area contributed by atoms with Crippen LogP contribution in [0.5, 0.6) is 0 Å². The van der Waals surface area contributed by atoms with Crippen LogP contribution in [-0.4, -0.2) is 40.0 Å².